The third-order valence-corrected chi connectivity index (χ3v) is 12.0. The zero-order valence-electron chi connectivity index (χ0n) is 27.8. The van der Waals surface area contributed by atoms with Crippen LogP contribution in [0.1, 0.15) is 22.3 Å². The average molecular weight is 643 g/mol. The van der Waals surface area contributed by atoms with Gasteiger partial charge in [0.1, 0.15) is 0 Å². The Balaban J connectivity index is 1.17. The van der Waals surface area contributed by atoms with Crippen molar-refractivity contribution in [1.82, 2.24) is 0 Å². The van der Waals surface area contributed by atoms with E-state index in [1.165, 1.54) is 110 Å². The van der Waals surface area contributed by atoms with E-state index in [4.69, 9.17) is 0 Å². The van der Waals surface area contributed by atoms with Crippen LogP contribution in [0.15, 0.2) is 182 Å². The minimum Gasteiger partial charge on any atom is -0.0622 e. The molecule has 0 atom stereocenters. The first-order chi connectivity index (χ1) is 25.3. The second kappa shape index (κ2) is 9.81. The summed E-state index contributed by atoms with van der Waals surface area (Å²) < 4.78 is 0. The van der Waals surface area contributed by atoms with Crippen molar-refractivity contribution in [1.29, 1.82) is 0 Å². The van der Waals surface area contributed by atoms with Crippen molar-refractivity contribution in [2.45, 2.75) is 5.41 Å². The molecule has 0 amide bonds. The maximum absolute atomic E-state index is 2.52. The average Bonchev–Trinajstić information content (AvgIpc) is 3.65. The minimum absolute atomic E-state index is 0.416. The summed E-state index contributed by atoms with van der Waals surface area (Å²) in [6.45, 7) is 0. The van der Waals surface area contributed by atoms with Crippen LogP contribution < -0.4 is 0 Å². The molecule has 10 aromatic rings. The molecule has 0 heteroatoms. The highest BCUT2D eigenvalue weighted by molar-refractivity contribution is 6.23. The minimum atomic E-state index is -0.416. The molecule has 0 aliphatic heterocycles. The third kappa shape index (κ3) is 3.49. The van der Waals surface area contributed by atoms with Crippen molar-refractivity contribution in [2.24, 2.45) is 0 Å². The Bertz CT molecular complexity index is 2960. The molecule has 0 nitrogen and oxygen atoms in total. The molecule has 0 bridgehead atoms. The zero-order chi connectivity index (χ0) is 33.3. The first kappa shape index (κ1) is 27.3. The maximum Gasteiger partial charge on any atom is 0.0725 e. The van der Waals surface area contributed by atoms with Crippen LogP contribution in [0, 0.1) is 0 Å². The Morgan fingerprint density at radius 2 is 0.804 bits per heavy atom. The molecule has 10 aromatic carbocycles. The van der Waals surface area contributed by atoms with Gasteiger partial charge < -0.3 is 0 Å². The van der Waals surface area contributed by atoms with Crippen molar-refractivity contribution in [2.75, 3.05) is 0 Å². The van der Waals surface area contributed by atoms with E-state index in [1.54, 1.807) is 0 Å². The number of fused-ring (bicyclic) bond motifs is 11. The van der Waals surface area contributed by atoms with Gasteiger partial charge >= 0.3 is 0 Å². The van der Waals surface area contributed by atoms with Gasteiger partial charge in [0.15, 0.2) is 0 Å². The molecule has 0 saturated heterocycles. The van der Waals surface area contributed by atoms with Crippen LogP contribution in [0.25, 0.3) is 87.6 Å². The molecule has 2 aliphatic carbocycles. The number of hydrogen-bond donors (Lipinski definition) is 0. The molecular formula is C51H30. The van der Waals surface area contributed by atoms with E-state index in [0.29, 0.717) is 0 Å². The second-order valence-electron chi connectivity index (χ2n) is 14.4. The molecule has 1 spiro atoms. The Morgan fingerprint density at radius 3 is 1.53 bits per heavy atom. The van der Waals surface area contributed by atoms with Crippen LogP contribution in [0.2, 0.25) is 0 Å². The van der Waals surface area contributed by atoms with E-state index in [-0.39, 0.29) is 0 Å². The van der Waals surface area contributed by atoms with Crippen LogP contribution in [0.3, 0.4) is 0 Å². The highest BCUT2D eigenvalue weighted by atomic mass is 14.5. The van der Waals surface area contributed by atoms with Crippen molar-refractivity contribution in [3.8, 4) is 44.5 Å². The molecule has 2 aliphatic rings. The van der Waals surface area contributed by atoms with Crippen molar-refractivity contribution < 1.29 is 0 Å². The summed E-state index contributed by atoms with van der Waals surface area (Å²) in [7, 11) is 0. The van der Waals surface area contributed by atoms with Gasteiger partial charge in [-0.3, -0.25) is 0 Å². The molecule has 0 N–H and O–H groups in total. The lowest BCUT2D eigenvalue weighted by Gasteiger charge is -2.31. The Kier molecular flexibility index (Phi) is 5.26. The highest BCUT2D eigenvalue weighted by Crippen LogP contribution is 2.63. The van der Waals surface area contributed by atoms with Gasteiger partial charge in [0.25, 0.3) is 0 Å². The van der Waals surface area contributed by atoms with Gasteiger partial charge in [0.2, 0.25) is 0 Å². The van der Waals surface area contributed by atoms with E-state index in [9.17, 15) is 0 Å². The lowest BCUT2D eigenvalue weighted by molar-refractivity contribution is 0.795. The SMILES string of the molecule is c1ccc(-c2cccc3cc4c(cc23)-c2ccc(-c3cc5ccc6cccc7ccc(c3)c5c67)cc2C42c3ccccc3-c3ccccc32)cc1. The Hall–Kier alpha value is -6.50. The summed E-state index contributed by atoms with van der Waals surface area (Å²) in [5.41, 5.74) is 15.4. The lowest BCUT2D eigenvalue weighted by Crippen LogP contribution is -2.25. The van der Waals surface area contributed by atoms with Gasteiger partial charge in [-0.25, -0.2) is 0 Å². The molecule has 0 saturated carbocycles. The molecule has 234 valence electrons. The molecular weight excluding hydrogens is 613 g/mol. The zero-order valence-corrected chi connectivity index (χ0v) is 27.8. The van der Waals surface area contributed by atoms with Crippen molar-refractivity contribution in [3.05, 3.63) is 204 Å². The Labute approximate surface area is 296 Å². The van der Waals surface area contributed by atoms with Crippen LogP contribution >= 0.6 is 0 Å². The lowest BCUT2D eigenvalue weighted by atomic mass is 9.70. The normalized spacial score (nSPS) is 13.6. The van der Waals surface area contributed by atoms with E-state index < -0.39 is 5.41 Å². The molecule has 0 fully saturated rings. The van der Waals surface area contributed by atoms with Crippen molar-refractivity contribution in [3.63, 3.8) is 0 Å². The van der Waals surface area contributed by atoms with Gasteiger partial charge in [0.05, 0.1) is 5.41 Å². The predicted molar refractivity (Wildman–Crippen MR) is 215 cm³/mol. The van der Waals surface area contributed by atoms with Gasteiger partial charge in [-0.15, -0.1) is 0 Å². The summed E-state index contributed by atoms with van der Waals surface area (Å²) in [6, 6.07) is 68.7. The van der Waals surface area contributed by atoms with Crippen LogP contribution in [0.4, 0.5) is 0 Å². The third-order valence-electron chi connectivity index (χ3n) is 12.0. The van der Waals surface area contributed by atoms with Crippen LogP contribution in [-0.4, -0.2) is 0 Å². The first-order valence-corrected chi connectivity index (χ1v) is 17.9. The monoisotopic (exact) mass is 642 g/mol. The van der Waals surface area contributed by atoms with E-state index in [2.05, 4.69) is 182 Å². The van der Waals surface area contributed by atoms with Gasteiger partial charge in [-0.1, -0.05) is 152 Å². The molecule has 12 rings (SSSR count). The summed E-state index contributed by atoms with van der Waals surface area (Å²) in [5, 5.41) is 10.5. The van der Waals surface area contributed by atoms with E-state index in [0.717, 1.165) is 0 Å². The first-order valence-electron chi connectivity index (χ1n) is 17.9. The summed E-state index contributed by atoms with van der Waals surface area (Å²) in [6.07, 6.45) is 0. The fourth-order valence-electron chi connectivity index (χ4n) is 9.88. The summed E-state index contributed by atoms with van der Waals surface area (Å²) >= 11 is 0. The molecule has 0 aromatic heterocycles. The standard InChI is InChI=1S/C51H30/c1-2-10-31(11-3-1)39-17-9-14-35-29-48-44(30-43(35)39)42-25-24-34(28-47(42)51(48)45-18-6-4-15-40(45)41-16-5-7-19-46(41)51)38-26-36-22-20-32-12-8-13-33-21-23-37(27-38)50(36)49(32)33/h1-30H. The van der Waals surface area contributed by atoms with Crippen molar-refractivity contribution >= 4 is 43.1 Å². The maximum atomic E-state index is 2.52. The number of hydrogen-bond acceptors (Lipinski definition) is 0. The van der Waals surface area contributed by atoms with Crippen LogP contribution in [-0.2, 0) is 5.41 Å². The quantitative estimate of drug-likeness (QED) is 0.165. The number of benzene rings is 10. The highest BCUT2D eigenvalue weighted by Gasteiger charge is 2.51. The van der Waals surface area contributed by atoms with Gasteiger partial charge in [-0.2, -0.15) is 0 Å². The van der Waals surface area contributed by atoms with Crippen LogP contribution in [0.5, 0.6) is 0 Å². The predicted octanol–water partition coefficient (Wildman–Crippen LogP) is 13.4. The smallest absolute Gasteiger partial charge is 0.0622 e. The number of rotatable bonds is 2. The van der Waals surface area contributed by atoms with E-state index >= 15 is 0 Å². The summed E-state index contributed by atoms with van der Waals surface area (Å²) in [4.78, 5) is 0. The fraction of sp³-hybridized carbons (Fsp3) is 0.0196. The molecule has 0 heterocycles. The fourth-order valence-corrected chi connectivity index (χ4v) is 9.88. The molecule has 0 unspecified atom stereocenters. The topological polar surface area (TPSA) is 0 Å². The van der Waals surface area contributed by atoms with Gasteiger partial charge in [-0.05, 0) is 140 Å². The summed E-state index contributed by atoms with van der Waals surface area (Å²) in [5.74, 6) is 0. The molecule has 51 heavy (non-hydrogen) atoms. The van der Waals surface area contributed by atoms with E-state index in [1.807, 2.05) is 0 Å². The second-order valence-corrected chi connectivity index (χ2v) is 14.4. The Morgan fingerprint density at radius 1 is 0.255 bits per heavy atom. The largest absolute Gasteiger partial charge is 0.0725 e. The molecule has 0 radical (unpaired) electrons. The van der Waals surface area contributed by atoms with Gasteiger partial charge in [0, 0.05) is 0 Å².